The topological polar surface area (TPSA) is 50.9 Å². The Morgan fingerprint density at radius 1 is 1.53 bits per heavy atom. The van der Waals surface area contributed by atoms with Gasteiger partial charge in [0.15, 0.2) is 0 Å². The summed E-state index contributed by atoms with van der Waals surface area (Å²) in [6, 6.07) is 2.68. The highest BCUT2D eigenvalue weighted by molar-refractivity contribution is 7.09. The third-order valence-corrected chi connectivity index (χ3v) is 3.33. The van der Waals surface area contributed by atoms with Crippen molar-refractivity contribution >= 4 is 34.3 Å². The average Bonchev–Trinajstić information content (AvgIpc) is 2.68. The highest BCUT2D eigenvalue weighted by atomic mass is 35.5. The van der Waals surface area contributed by atoms with E-state index in [2.05, 4.69) is 10.3 Å². The molecule has 0 saturated heterocycles. The summed E-state index contributed by atoms with van der Waals surface area (Å²) in [7, 11) is 0. The number of nitrogens with two attached hydrogens (primary N) is 1. The van der Waals surface area contributed by atoms with E-state index in [4.69, 9.17) is 17.3 Å². The number of rotatable bonds is 3. The third kappa shape index (κ3) is 2.87. The van der Waals surface area contributed by atoms with Crippen LogP contribution in [-0.4, -0.2) is 4.98 Å². The molecule has 0 fully saturated rings. The molecule has 90 valence electrons. The molecular formula is C11H11ClFN3S. The zero-order valence-corrected chi connectivity index (χ0v) is 10.7. The first-order chi connectivity index (χ1) is 8.06. The molecule has 0 bridgehead atoms. The smallest absolute Gasteiger partial charge is 0.143 e. The molecule has 2 rings (SSSR count). The predicted molar refractivity (Wildman–Crippen MR) is 70.0 cm³/mol. The zero-order chi connectivity index (χ0) is 12.4. The molecule has 0 aliphatic carbocycles. The van der Waals surface area contributed by atoms with Gasteiger partial charge in [-0.15, -0.1) is 11.3 Å². The van der Waals surface area contributed by atoms with Gasteiger partial charge in [0.1, 0.15) is 5.82 Å². The van der Waals surface area contributed by atoms with Gasteiger partial charge in [0.05, 0.1) is 33.6 Å². The fourth-order valence-electron chi connectivity index (χ4n) is 1.39. The Bertz CT molecular complexity index is 542. The van der Waals surface area contributed by atoms with Crippen LogP contribution in [0.5, 0.6) is 0 Å². The fraction of sp³-hybridized carbons (Fsp3) is 0.182. The second kappa shape index (κ2) is 4.89. The van der Waals surface area contributed by atoms with Crippen molar-refractivity contribution < 1.29 is 4.39 Å². The van der Waals surface area contributed by atoms with Crippen LogP contribution in [0.1, 0.15) is 10.7 Å². The molecule has 3 nitrogen and oxygen atoms in total. The lowest BCUT2D eigenvalue weighted by Crippen LogP contribution is -2.03. The number of nitrogen functional groups attached to an aromatic ring is 1. The number of aromatic nitrogens is 1. The van der Waals surface area contributed by atoms with E-state index < -0.39 is 5.82 Å². The molecule has 2 aromatic rings. The van der Waals surface area contributed by atoms with Gasteiger partial charge in [-0.05, 0) is 13.0 Å². The summed E-state index contributed by atoms with van der Waals surface area (Å²) in [5.74, 6) is -0.515. The number of hydrogen-bond acceptors (Lipinski definition) is 4. The Kier molecular flexibility index (Phi) is 3.49. The fourth-order valence-corrected chi connectivity index (χ4v) is 2.17. The Labute approximate surface area is 107 Å². The maximum absolute atomic E-state index is 13.1. The second-order valence-corrected chi connectivity index (χ2v) is 5.03. The summed E-state index contributed by atoms with van der Waals surface area (Å²) >= 11 is 7.27. The summed E-state index contributed by atoms with van der Waals surface area (Å²) in [6.07, 6.45) is 0. The first-order valence-electron chi connectivity index (χ1n) is 4.95. The Morgan fingerprint density at radius 3 is 2.94 bits per heavy atom. The molecule has 0 unspecified atom stereocenters. The minimum absolute atomic E-state index is 0.0520. The summed E-state index contributed by atoms with van der Waals surface area (Å²) in [5, 5.41) is 6.10. The van der Waals surface area contributed by atoms with Crippen molar-refractivity contribution in [2.45, 2.75) is 13.5 Å². The lowest BCUT2D eigenvalue weighted by Gasteiger charge is -2.08. The van der Waals surface area contributed by atoms with Crippen LogP contribution >= 0.6 is 22.9 Å². The van der Waals surface area contributed by atoms with Gasteiger partial charge in [-0.2, -0.15) is 0 Å². The molecule has 1 aromatic heterocycles. The summed E-state index contributed by atoms with van der Waals surface area (Å²) in [6.45, 7) is 2.48. The van der Waals surface area contributed by atoms with E-state index in [-0.39, 0.29) is 5.02 Å². The molecule has 0 saturated carbocycles. The van der Waals surface area contributed by atoms with Gasteiger partial charge in [-0.3, -0.25) is 0 Å². The third-order valence-electron chi connectivity index (χ3n) is 2.22. The van der Waals surface area contributed by atoms with E-state index in [1.165, 1.54) is 12.1 Å². The van der Waals surface area contributed by atoms with Gasteiger partial charge in [0.2, 0.25) is 0 Å². The molecule has 3 N–H and O–H groups in total. The minimum atomic E-state index is -0.515. The maximum Gasteiger partial charge on any atom is 0.143 e. The normalized spacial score (nSPS) is 10.5. The predicted octanol–water partition coefficient (Wildman–Crippen LogP) is 3.44. The first-order valence-corrected chi connectivity index (χ1v) is 6.21. The lowest BCUT2D eigenvalue weighted by atomic mass is 10.2. The standard InChI is InChI=1S/C11H11ClFN3S/c1-6-16-7(5-17-6)4-15-11-2-8(12)9(13)3-10(11)14/h2-3,5,15H,4,14H2,1H3. The van der Waals surface area contributed by atoms with E-state index in [1.807, 2.05) is 12.3 Å². The molecule has 1 aromatic carbocycles. The maximum atomic E-state index is 13.1. The summed E-state index contributed by atoms with van der Waals surface area (Å²) < 4.78 is 13.1. The molecule has 0 atom stereocenters. The van der Waals surface area contributed by atoms with Gasteiger partial charge in [0, 0.05) is 11.4 Å². The van der Waals surface area contributed by atoms with Gasteiger partial charge >= 0.3 is 0 Å². The van der Waals surface area contributed by atoms with Crippen molar-refractivity contribution in [1.29, 1.82) is 0 Å². The molecule has 0 radical (unpaired) electrons. The molecule has 0 aliphatic rings. The monoisotopic (exact) mass is 271 g/mol. The van der Waals surface area contributed by atoms with E-state index in [9.17, 15) is 4.39 Å². The van der Waals surface area contributed by atoms with Crippen LogP contribution in [0, 0.1) is 12.7 Å². The zero-order valence-electron chi connectivity index (χ0n) is 9.13. The highest BCUT2D eigenvalue weighted by Crippen LogP contribution is 2.26. The number of nitrogens with one attached hydrogen (secondary N) is 1. The second-order valence-electron chi connectivity index (χ2n) is 3.56. The summed E-state index contributed by atoms with van der Waals surface area (Å²) in [5.41, 5.74) is 7.55. The van der Waals surface area contributed by atoms with Crippen LogP contribution in [0.2, 0.25) is 5.02 Å². The largest absolute Gasteiger partial charge is 0.397 e. The van der Waals surface area contributed by atoms with Crippen molar-refractivity contribution in [2.75, 3.05) is 11.1 Å². The van der Waals surface area contributed by atoms with Crippen molar-refractivity contribution in [3.05, 3.63) is 39.1 Å². The molecular weight excluding hydrogens is 261 g/mol. The van der Waals surface area contributed by atoms with E-state index in [0.29, 0.717) is 17.9 Å². The summed E-state index contributed by atoms with van der Waals surface area (Å²) in [4.78, 5) is 4.30. The minimum Gasteiger partial charge on any atom is -0.397 e. The SMILES string of the molecule is Cc1nc(CNc2cc(Cl)c(F)cc2N)cs1. The molecule has 0 amide bonds. The van der Waals surface area contributed by atoms with Crippen molar-refractivity contribution in [1.82, 2.24) is 4.98 Å². The van der Waals surface area contributed by atoms with Crippen LogP contribution in [0.4, 0.5) is 15.8 Å². The molecule has 0 spiro atoms. The number of hydrogen-bond donors (Lipinski definition) is 2. The van der Waals surface area contributed by atoms with Crippen LogP contribution in [-0.2, 0) is 6.54 Å². The number of benzene rings is 1. The quantitative estimate of drug-likeness (QED) is 0.841. The van der Waals surface area contributed by atoms with Gasteiger partial charge in [0.25, 0.3) is 0 Å². The Hall–Kier alpha value is -1.33. The Morgan fingerprint density at radius 2 is 2.29 bits per heavy atom. The van der Waals surface area contributed by atoms with Crippen LogP contribution in [0.3, 0.4) is 0 Å². The number of aryl methyl sites for hydroxylation is 1. The van der Waals surface area contributed by atoms with Gasteiger partial charge < -0.3 is 11.1 Å². The van der Waals surface area contributed by atoms with Crippen LogP contribution < -0.4 is 11.1 Å². The number of halogens is 2. The van der Waals surface area contributed by atoms with Crippen molar-refractivity contribution in [2.24, 2.45) is 0 Å². The number of nitrogens with zero attached hydrogens (tertiary/aromatic N) is 1. The number of thiazole rings is 1. The number of anilines is 2. The molecule has 6 heteroatoms. The lowest BCUT2D eigenvalue weighted by molar-refractivity contribution is 0.629. The van der Waals surface area contributed by atoms with E-state index in [1.54, 1.807) is 11.3 Å². The van der Waals surface area contributed by atoms with Crippen LogP contribution in [0.25, 0.3) is 0 Å². The Balaban J connectivity index is 2.11. The molecule has 0 aliphatic heterocycles. The average molecular weight is 272 g/mol. The van der Waals surface area contributed by atoms with Crippen molar-refractivity contribution in [3.63, 3.8) is 0 Å². The highest BCUT2D eigenvalue weighted by Gasteiger charge is 2.06. The van der Waals surface area contributed by atoms with E-state index in [0.717, 1.165) is 10.7 Å². The molecule has 1 heterocycles. The van der Waals surface area contributed by atoms with Crippen molar-refractivity contribution in [3.8, 4) is 0 Å². The van der Waals surface area contributed by atoms with Gasteiger partial charge in [-0.25, -0.2) is 9.37 Å². The molecule has 17 heavy (non-hydrogen) atoms. The van der Waals surface area contributed by atoms with E-state index >= 15 is 0 Å². The van der Waals surface area contributed by atoms with Crippen LogP contribution in [0.15, 0.2) is 17.5 Å². The first kappa shape index (κ1) is 12.1. The van der Waals surface area contributed by atoms with Gasteiger partial charge in [-0.1, -0.05) is 11.6 Å².